The zero-order valence-electron chi connectivity index (χ0n) is 16.3. The number of allylic oxidation sites excluding steroid dienone is 4. The van der Waals surface area contributed by atoms with E-state index in [-0.39, 0.29) is 0 Å². The number of aromatic nitrogens is 1. The summed E-state index contributed by atoms with van der Waals surface area (Å²) in [7, 11) is 0. The van der Waals surface area contributed by atoms with Crippen molar-refractivity contribution in [2.24, 2.45) is 0 Å². The summed E-state index contributed by atoms with van der Waals surface area (Å²) >= 11 is 0. The molecule has 0 radical (unpaired) electrons. The predicted octanol–water partition coefficient (Wildman–Crippen LogP) is 6.70. The number of pyridine rings is 1. The fraction of sp³-hybridized carbons (Fsp3) is 0.148. The Hall–Kier alpha value is -3.57. The van der Waals surface area contributed by atoms with E-state index >= 15 is 0 Å². The van der Waals surface area contributed by atoms with Gasteiger partial charge in [-0.25, -0.2) is 0 Å². The van der Waals surface area contributed by atoms with Crippen LogP contribution in [0.1, 0.15) is 36.0 Å². The summed E-state index contributed by atoms with van der Waals surface area (Å²) in [5.41, 5.74) is 7.90. The number of benzene rings is 2. The molecule has 0 bridgehead atoms. The minimum Gasteiger partial charge on any atom is -0.323 e. The molecule has 0 saturated heterocycles. The lowest BCUT2D eigenvalue weighted by Crippen LogP contribution is -2.06. The highest BCUT2D eigenvalue weighted by molar-refractivity contribution is 5.93. The van der Waals surface area contributed by atoms with Gasteiger partial charge in [0.25, 0.3) is 0 Å². The molecule has 0 saturated carbocycles. The predicted molar refractivity (Wildman–Crippen MR) is 120 cm³/mol. The Balaban J connectivity index is 0.000000142. The first-order chi connectivity index (χ1) is 14.3. The van der Waals surface area contributed by atoms with Crippen LogP contribution < -0.4 is 0 Å². The van der Waals surface area contributed by atoms with Crippen molar-refractivity contribution in [3.63, 3.8) is 0 Å². The van der Waals surface area contributed by atoms with E-state index in [2.05, 4.69) is 54.6 Å². The molecule has 29 heavy (non-hydrogen) atoms. The van der Waals surface area contributed by atoms with Gasteiger partial charge in [-0.2, -0.15) is 5.26 Å². The van der Waals surface area contributed by atoms with Gasteiger partial charge in [0, 0.05) is 12.4 Å². The molecule has 2 nitrogen and oxygen atoms in total. The maximum atomic E-state index is 8.66. The van der Waals surface area contributed by atoms with Gasteiger partial charge in [0.15, 0.2) is 0 Å². The van der Waals surface area contributed by atoms with Crippen LogP contribution in [0.5, 0.6) is 0 Å². The average Bonchev–Trinajstić information content (AvgIpc) is 3.22. The van der Waals surface area contributed by atoms with E-state index in [0.717, 1.165) is 11.1 Å². The summed E-state index contributed by atoms with van der Waals surface area (Å²) in [5.74, 6) is 0. The van der Waals surface area contributed by atoms with Crippen molar-refractivity contribution in [1.82, 2.24) is 4.40 Å². The van der Waals surface area contributed by atoms with Crippen LogP contribution in [0.25, 0.3) is 21.9 Å². The lowest BCUT2D eigenvalue weighted by Gasteiger charge is -2.25. The van der Waals surface area contributed by atoms with Crippen LogP contribution in [-0.4, -0.2) is 4.40 Å². The van der Waals surface area contributed by atoms with E-state index in [0.29, 0.717) is 0 Å². The third-order valence-electron chi connectivity index (χ3n) is 5.97. The van der Waals surface area contributed by atoms with E-state index in [4.69, 9.17) is 5.26 Å². The Bertz CT molecular complexity index is 1310. The lowest BCUT2D eigenvalue weighted by molar-refractivity contribution is 0.831. The summed E-state index contributed by atoms with van der Waals surface area (Å²) < 4.78 is 1.93. The lowest BCUT2D eigenvalue weighted by atomic mass is 9.80. The van der Waals surface area contributed by atoms with Crippen LogP contribution in [0, 0.1) is 11.3 Å². The van der Waals surface area contributed by atoms with Crippen LogP contribution in [0.15, 0.2) is 90.8 Å². The minimum absolute atomic E-state index is 0.727. The highest BCUT2D eigenvalue weighted by Crippen LogP contribution is 2.39. The van der Waals surface area contributed by atoms with Crippen molar-refractivity contribution in [3.05, 3.63) is 107 Å². The zero-order chi connectivity index (χ0) is 19.6. The highest BCUT2D eigenvalue weighted by atomic mass is 14.8. The van der Waals surface area contributed by atoms with Gasteiger partial charge in [-0.3, -0.25) is 0 Å². The molecule has 0 aliphatic heterocycles. The van der Waals surface area contributed by atoms with Gasteiger partial charge in [-0.1, -0.05) is 60.2 Å². The second-order valence-electron chi connectivity index (χ2n) is 7.61. The molecule has 2 aliphatic rings. The molecular formula is C27H22N2. The molecule has 0 atom stereocenters. The molecule has 0 unspecified atom stereocenters. The Labute approximate surface area is 171 Å². The molecule has 2 heteroatoms. The maximum Gasteiger partial charge on any atom is 0.101 e. The molecule has 0 fully saturated rings. The molecule has 2 aliphatic carbocycles. The van der Waals surface area contributed by atoms with Gasteiger partial charge in [0.1, 0.15) is 6.07 Å². The first-order valence-electron chi connectivity index (χ1n) is 10.2. The molecule has 2 aromatic heterocycles. The van der Waals surface area contributed by atoms with Gasteiger partial charge in [-0.05, 0) is 71.4 Å². The average molecular weight is 374 g/mol. The highest BCUT2D eigenvalue weighted by Gasteiger charge is 2.20. The second kappa shape index (κ2) is 7.45. The molecule has 0 N–H and O–H groups in total. The van der Waals surface area contributed by atoms with Gasteiger partial charge >= 0.3 is 0 Å². The Morgan fingerprint density at radius 1 is 0.828 bits per heavy atom. The van der Waals surface area contributed by atoms with Gasteiger partial charge in [-0.15, -0.1) is 0 Å². The summed E-state index contributed by atoms with van der Waals surface area (Å²) in [6, 6.07) is 23.1. The molecule has 4 aromatic rings. The van der Waals surface area contributed by atoms with Crippen molar-refractivity contribution in [2.45, 2.75) is 25.7 Å². The van der Waals surface area contributed by atoms with Crippen molar-refractivity contribution < 1.29 is 0 Å². The topological polar surface area (TPSA) is 28.2 Å². The second-order valence-corrected chi connectivity index (χ2v) is 7.61. The third-order valence-corrected chi connectivity index (χ3v) is 5.97. The molecule has 6 rings (SSSR count). The molecule has 140 valence electrons. The van der Waals surface area contributed by atoms with Crippen molar-refractivity contribution in [1.29, 1.82) is 5.26 Å². The maximum absolute atomic E-state index is 8.66. The van der Waals surface area contributed by atoms with Gasteiger partial charge in [0.05, 0.1) is 11.1 Å². The smallest absolute Gasteiger partial charge is 0.101 e. The number of aryl methyl sites for hydroxylation is 1. The van der Waals surface area contributed by atoms with E-state index in [1.807, 2.05) is 41.1 Å². The van der Waals surface area contributed by atoms with E-state index in [1.165, 1.54) is 47.6 Å². The monoisotopic (exact) mass is 374 g/mol. The number of hydrogen-bond acceptors (Lipinski definition) is 1. The Morgan fingerprint density at radius 3 is 2.66 bits per heavy atom. The Kier molecular flexibility index (Phi) is 4.50. The fourth-order valence-electron chi connectivity index (χ4n) is 4.53. The molecule has 0 amide bonds. The fourth-order valence-corrected chi connectivity index (χ4v) is 4.53. The SMILES string of the molecule is C1=CC2=C(CC1)CCc1c2ccc2ccccc12.N#Cc1ccn2ccccc12. The van der Waals surface area contributed by atoms with Gasteiger partial charge < -0.3 is 4.40 Å². The molecule has 0 spiro atoms. The standard InChI is InChI=1S/C18H16.C9H6N2/c1-3-7-15-13(5-1)9-11-18-16-8-4-2-6-14(16)10-12-17(15)18;10-7-8-4-6-11-5-2-1-3-9(8)11/h1,3-5,7-9,11H,2,6,10,12H2;1-6H. The normalized spacial score (nSPS) is 14.7. The van der Waals surface area contributed by atoms with E-state index < -0.39 is 0 Å². The van der Waals surface area contributed by atoms with E-state index in [1.54, 1.807) is 11.1 Å². The number of nitriles is 1. The largest absolute Gasteiger partial charge is 0.323 e. The van der Waals surface area contributed by atoms with Crippen LogP contribution in [0.4, 0.5) is 0 Å². The summed E-state index contributed by atoms with van der Waals surface area (Å²) in [5, 5.41) is 11.5. The molecule has 2 heterocycles. The van der Waals surface area contributed by atoms with Crippen LogP contribution in [0.2, 0.25) is 0 Å². The van der Waals surface area contributed by atoms with Crippen LogP contribution in [-0.2, 0) is 6.42 Å². The van der Waals surface area contributed by atoms with Crippen molar-refractivity contribution in [3.8, 4) is 6.07 Å². The first kappa shape index (κ1) is 17.5. The number of fused-ring (bicyclic) bond motifs is 5. The van der Waals surface area contributed by atoms with Crippen molar-refractivity contribution in [2.75, 3.05) is 0 Å². The number of rotatable bonds is 0. The molecular weight excluding hydrogens is 352 g/mol. The minimum atomic E-state index is 0.727. The zero-order valence-corrected chi connectivity index (χ0v) is 16.3. The number of nitrogens with zero attached hydrogens (tertiary/aromatic N) is 2. The quantitative estimate of drug-likeness (QED) is 0.336. The first-order valence-corrected chi connectivity index (χ1v) is 10.2. The van der Waals surface area contributed by atoms with E-state index in [9.17, 15) is 0 Å². The van der Waals surface area contributed by atoms with Crippen molar-refractivity contribution >= 4 is 21.9 Å². The summed E-state index contributed by atoms with van der Waals surface area (Å²) in [6.07, 6.45) is 13.4. The van der Waals surface area contributed by atoms with Crippen LogP contribution in [0.3, 0.4) is 0 Å². The van der Waals surface area contributed by atoms with Crippen LogP contribution >= 0.6 is 0 Å². The Morgan fingerprint density at radius 2 is 1.72 bits per heavy atom. The summed E-state index contributed by atoms with van der Waals surface area (Å²) in [6.45, 7) is 0. The van der Waals surface area contributed by atoms with Gasteiger partial charge in [0.2, 0.25) is 0 Å². The third kappa shape index (κ3) is 3.15. The summed E-state index contributed by atoms with van der Waals surface area (Å²) in [4.78, 5) is 0. The number of hydrogen-bond donors (Lipinski definition) is 0. The molecule has 2 aromatic carbocycles.